The van der Waals surface area contributed by atoms with Crippen molar-refractivity contribution in [3.05, 3.63) is 170 Å². The van der Waals surface area contributed by atoms with Crippen LogP contribution in [0.15, 0.2) is 170 Å². The number of nitrogens with zero attached hydrogens (tertiary/aromatic N) is 6. The monoisotopic (exact) mass is 632 g/mol. The average molecular weight is 633 g/mol. The minimum atomic E-state index is 0.738. The molecule has 0 saturated heterocycles. The van der Waals surface area contributed by atoms with Gasteiger partial charge in [-0.15, -0.1) is 0 Å². The van der Waals surface area contributed by atoms with Crippen LogP contribution in [0, 0.1) is 0 Å². The molecule has 0 saturated carbocycles. The molecule has 232 valence electrons. The van der Waals surface area contributed by atoms with Gasteiger partial charge in [0, 0.05) is 69.8 Å². The van der Waals surface area contributed by atoms with E-state index in [4.69, 9.17) is 14.7 Å². The molecule has 0 aliphatic rings. The number of ether oxygens (including phenoxy) is 1. The Hall–Kier alpha value is -6.86. The average Bonchev–Trinajstić information content (AvgIpc) is 3.95. The second-order valence-corrected chi connectivity index (χ2v) is 12.0. The van der Waals surface area contributed by atoms with Gasteiger partial charge in [0.25, 0.3) is 0 Å². The highest BCUT2D eigenvalue weighted by atomic mass is 16.5. The fourth-order valence-corrected chi connectivity index (χ4v) is 7.10. The highest BCUT2D eigenvalue weighted by Crippen LogP contribution is 2.38. The zero-order valence-corrected chi connectivity index (χ0v) is 26.3. The summed E-state index contributed by atoms with van der Waals surface area (Å²) in [5, 5.41) is 4.58. The third-order valence-electron chi connectivity index (χ3n) is 9.24. The van der Waals surface area contributed by atoms with Crippen molar-refractivity contribution in [2.24, 2.45) is 0 Å². The molecule has 0 radical (unpaired) electrons. The molecule has 7 heteroatoms. The first-order valence-electron chi connectivity index (χ1n) is 16.2. The second kappa shape index (κ2) is 10.9. The molecule has 7 nitrogen and oxygen atoms in total. The third kappa shape index (κ3) is 4.29. The van der Waals surface area contributed by atoms with E-state index < -0.39 is 0 Å². The zero-order valence-electron chi connectivity index (χ0n) is 26.3. The number of rotatable bonds is 6. The van der Waals surface area contributed by atoms with Crippen LogP contribution in [-0.4, -0.2) is 28.2 Å². The van der Waals surface area contributed by atoms with Gasteiger partial charge in [0.15, 0.2) is 0 Å². The van der Waals surface area contributed by atoms with Crippen molar-refractivity contribution < 1.29 is 4.74 Å². The Morgan fingerprint density at radius 1 is 0.388 bits per heavy atom. The molecule has 0 N–H and O–H groups in total. The Morgan fingerprint density at radius 2 is 0.796 bits per heavy atom. The van der Waals surface area contributed by atoms with E-state index in [1.165, 1.54) is 0 Å². The maximum absolute atomic E-state index is 6.68. The van der Waals surface area contributed by atoms with E-state index in [2.05, 4.69) is 115 Å². The fourth-order valence-electron chi connectivity index (χ4n) is 7.10. The van der Waals surface area contributed by atoms with Gasteiger partial charge in [-0.05, 0) is 60.7 Å². The summed E-state index contributed by atoms with van der Waals surface area (Å²) in [4.78, 5) is 9.68. The maximum atomic E-state index is 6.68. The second-order valence-electron chi connectivity index (χ2n) is 12.0. The van der Waals surface area contributed by atoms with Crippen molar-refractivity contribution in [1.29, 1.82) is 0 Å². The molecule has 0 amide bonds. The van der Waals surface area contributed by atoms with Crippen LogP contribution in [-0.2, 0) is 0 Å². The Bertz CT molecular complexity index is 2610. The van der Waals surface area contributed by atoms with Crippen LogP contribution in [0.5, 0.6) is 11.5 Å². The lowest BCUT2D eigenvalue weighted by Gasteiger charge is -2.13. The molecular weight excluding hydrogens is 605 g/mol. The largest absolute Gasteiger partial charge is 0.457 e. The van der Waals surface area contributed by atoms with Crippen LogP contribution in [0.2, 0.25) is 0 Å². The minimum Gasteiger partial charge on any atom is -0.457 e. The quantitative estimate of drug-likeness (QED) is 0.183. The van der Waals surface area contributed by atoms with E-state index in [-0.39, 0.29) is 0 Å². The molecule has 0 unspecified atom stereocenters. The van der Waals surface area contributed by atoms with E-state index in [1.807, 2.05) is 73.3 Å². The number of hydrogen-bond acceptors (Lipinski definition) is 3. The van der Waals surface area contributed by atoms with Crippen molar-refractivity contribution in [3.8, 4) is 34.8 Å². The van der Waals surface area contributed by atoms with Gasteiger partial charge in [-0.3, -0.25) is 18.3 Å². The summed E-state index contributed by atoms with van der Waals surface area (Å²) in [6, 6.07) is 50.1. The number of hydrogen-bond donors (Lipinski definition) is 0. The summed E-state index contributed by atoms with van der Waals surface area (Å²) in [6.45, 7) is 0. The molecule has 10 rings (SSSR count). The molecule has 0 aliphatic heterocycles. The minimum absolute atomic E-state index is 0.738. The molecule has 4 heterocycles. The summed E-state index contributed by atoms with van der Waals surface area (Å²) in [5.74, 6) is 3.10. The Kier molecular flexibility index (Phi) is 6.04. The highest BCUT2D eigenvalue weighted by molar-refractivity contribution is 6.10. The van der Waals surface area contributed by atoms with Gasteiger partial charge in [-0.2, -0.15) is 0 Å². The van der Waals surface area contributed by atoms with Crippen LogP contribution in [0.4, 0.5) is 0 Å². The SMILES string of the molecule is c1ccc(-n2ccnc2-n2c3ccccc3c3ccc(Oc4ccc5c6ccccc6n(-c6nccn6-c6ccccc6)c5c4)cc32)cc1. The summed E-state index contributed by atoms with van der Waals surface area (Å²) in [7, 11) is 0. The fraction of sp³-hybridized carbons (Fsp3) is 0. The highest BCUT2D eigenvalue weighted by Gasteiger charge is 2.19. The van der Waals surface area contributed by atoms with Crippen molar-refractivity contribution in [2.75, 3.05) is 0 Å². The molecule has 49 heavy (non-hydrogen) atoms. The van der Waals surface area contributed by atoms with Crippen LogP contribution in [0.1, 0.15) is 0 Å². The number of benzene rings is 6. The van der Waals surface area contributed by atoms with Gasteiger partial charge >= 0.3 is 0 Å². The van der Waals surface area contributed by atoms with Crippen LogP contribution in [0.25, 0.3) is 66.9 Å². The van der Waals surface area contributed by atoms with Crippen molar-refractivity contribution >= 4 is 43.6 Å². The van der Waals surface area contributed by atoms with E-state index in [0.717, 1.165) is 78.4 Å². The molecule has 0 aliphatic carbocycles. The lowest BCUT2D eigenvalue weighted by atomic mass is 10.1. The predicted octanol–water partition coefficient (Wildman–Crippen LogP) is 10.0. The molecule has 0 fully saturated rings. The van der Waals surface area contributed by atoms with E-state index in [1.54, 1.807) is 0 Å². The normalized spacial score (nSPS) is 11.7. The smallest absolute Gasteiger partial charge is 0.219 e. The van der Waals surface area contributed by atoms with Gasteiger partial charge in [0.2, 0.25) is 11.9 Å². The van der Waals surface area contributed by atoms with Crippen molar-refractivity contribution in [3.63, 3.8) is 0 Å². The topological polar surface area (TPSA) is 54.7 Å². The Morgan fingerprint density at radius 3 is 1.27 bits per heavy atom. The molecule has 6 aromatic carbocycles. The molecule has 0 spiro atoms. The first-order valence-corrected chi connectivity index (χ1v) is 16.2. The Labute approximate surface area is 281 Å². The van der Waals surface area contributed by atoms with Crippen molar-refractivity contribution in [1.82, 2.24) is 28.2 Å². The Balaban J connectivity index is 1.12. The summed E-state index contributed by atoms with van der Waals surface area (Å²) in [6.07, 6.45) is 7.70. The van der Waals surface area contributed by atoms with Crippen molar-refractivity contribution in [2.45, 2.75) is 0 Å². The lowest BCUT2D eigenvalue weighted by molar-refractivity contribution is 0.484. The van der Waals surface area contributed by atoms with Gasteiger partial charge in [0.05, 0.1) is 22.1 Å². The zero-order chi connectivity index (χ0) is 32.3. The van der Waals surface area contributed by atoms with E-state index >= 15 is 0 Å². The summed E-state index contributed by atoms with van der Waals surface area (Å²) >= 11 is 0. The van der Waals surface area contributed by atoms with Gasteiger partial charge in [-0.1, -0.05) is 72.8 Å². The van der Waals surface area contributed by atoms with E-state index in [9.17, 15) is 0 Å². The first-order chi connectivity index (χ1) is 24.3. The predicted molar refractivity (Wildman–Crippen MR) is 196 cm³/mol. The molecule has 0 atom stereocenters. The molecule has 0 bridgehead atoms. The standard InChI is InChI=1S/C42H28N6O/c1-3-11-29(12-4-1)45-25-23-43-41(45)47-37-17-9-7-15-33(37)35-21-19-31(27-39(35)47)49-32-20-22-36-34-16-8-10-18-38(34)48(40(36)28-32)42-44-24-26-46(42)30-13-5-2-6-14-30/h1-28H. The van der Waals surface area contributed by atoms with Crippen LogP contribution >= 0.6 is 0 Å². The van der Waals surface area contributed by atoms with E-state index in [0.29, 0.717) is 0 Å². The summed E-state index contributed by atoms with van der Waals surface area (Å²) < 4.78 is 15.3. The van der Waals surface area contributed by atoms with Crippen LogP contribution in [0.3, 0.4) is 0 Å². The maximum Gasteiger partial charge on any atom is 0.219 e. The molecule has 4 aromatic heterocycles. The number of para-hydroxylation sites is 4. The van der Waals surface area contributed by atoms with Gasteiger partial charge in [-0.25, -0.2) is 9.97 Å². The third-order valence-corrected chi connectivity index (χ3v) is 9.24. The van der Waals surface area contributed by atoms with Crippen LogP contribution < -0.4 is 4.74 Å². The molecule has 10 aromatic rings. The number of imidazole rings is 2. The molecular formula is C42H28N6O. The first kappa shape index (κ1) is 27.3. The van der Waals surface area contributed by atoms with Gasteiger partial charge < -0.3 is 4.74 Å². The lowest BCUT2D eigenvalue weighted by Crippen LogP contribution is -2.04. The van der Waals surface area contributed by atoms with Gasteiger partial charge in [0.1, 0.15) is 11.5 Å². The number of fused-ring (bicyclic) bond motifs is 6. The number of aromatic nitrogens is 6. The summed E-state index contributed by atoms with van der Waals surface area (Å²) in [5.41, 5.74) is 6.29.